The van der Waals surface area contributed by atoms with Gasteiger partial charge in [-0.15, -0.1) is 10.2 Å². The second-order valence-corrected chi connectivity index (χ2v) is 12.4. The average Bonchev–Trinajstić information content (AvgIpc) is 3.45. The molecule has 14 heteroatoms. The third-order valence-corrected chi connectivity index (χ3v) is 8.68. The summed E-state index contributed by atoms with van der Waals surface area (Å²) in [4.78, 5) is 32.4. The van der Waals surface area contributed by atoms with Crippen molar-refractivity contribution < 1.29 is 33.0 Å². The smallest absolute Gasteiger partial charge is 0.405 e. The van der Waals surface area contributed by atoms with Crippen molar-refractivity contribution in [1.82, 2.24) is 34.8 Å². The predicted molar refractivity (Wildman–Crippen MR) is 165 cm³/mol. The molecule has 2 saturated heterocycles. The fourth-order valence-electron chi connectivity index (χ4n) is 5.98. The first-order valence-corrected chi connectivity index (χ1v) is 15.5. The predicted octanol–water partition coefficient (Wildman–Crippen LogP) is 3.75. The third-order valence-electron chi connectivity index (χ3n) is 8.68. The number of rotatable bonds is 8. The maximum Gasteiger partial charge on any atom is 0.405 e. The van der Waals surface area contributed by atoms with Crippen molar-refractivity contribution in [2.75, 3.05) is 52.9 Å². The second kappa shape index (κ2) is 13.7. The molecule has 5 rings (SSSR count). The number of nitrogens with one attached hydrogen (secondary N) is 1. The van der Waals surface area contributed by atoms with Gasteiger partial charge >= 0.3 is 6.18 Å². The lowest BCUT2D eigenvalue weighted by Crippen LogP contribution is -2.50. The van der Waals surface area contributed by atoms with Gasteiger partial charge in [0, 0.05) is 50.4 Å². The van der Waals surface area contributed by atoms with Gasteiger partial charge in [-0.1, -0.05) is 26.0 Å². The number of carbonyl (C=O) groups is 2. The van der Waals surface area contributed by atoms with E-state index in [0.29, 0.717) is 17.8 Å². The summed E-state index contributed by atoms with van der Waals surface area (Å²) >= 11 is 0. The van der Waals surface area contributed by atoms with E-state index in [2.05, 4.69) is 27.0 Å². The zero-order chi connectivity index (χ0) is 33.2. The molecular weight excluding hydrogens is 603 g/mol. The molecule has 2 aliphatic rings. The Kier molecular flexibility index (Phi) is 9.87. The van der Waals surface area contributed by atoms with Gasteiger partial charge in [-0.2, -0.15) is 13.2 Å². The summed E-state index contributed by atoms with van der Waals surface area (Å²) in [6, 6.07) is 9.83. The molecule has 46 heavy (non-hydrogen) atoms. The van der Waals surface area contributed by atoms with Crippen LogP contribution in [-0.4, -0.2) is 111 Å². The Morgan fingerprint density at radius 1 is 0.957 bits per heavy atom. The van der Waals surface area contributed by atoms with Crippen LogP contribution in [0.2, 0.25) is 0 Å². The summed E-state index contributed by atoms with van der Waals surface area (Å²) < 4.78 is 40.0. The molecule has 0 aliphatic carbocycles. The van der Waals surface area contributed by atoms with E-state index in [1.807, 2.05) is 36.2 Å². The molecule has 0 spiro atoms. The molecule has 3 aromatic rings. The highest BCUT2D eigenvalue weighted by molar-refractivity contribution is 5.92. The van der Waals surface area contributed by atoms with Crippen LogP contribution in [0.5, 0.6) is 11.5 Å². The molecule has 0 radical (unpaired) electrons. The van der Waals surface area contributed by atoms with Gasteiger partial charge in [-0.3, -0.25) is 19.1 Å². The number of likely N-dealkylation sites (tertiary alicyclic amines) is 1. The van der Waals surface area contributed by atoms with Crippen LogP contribution in [0, 0.1) is 5.92 Å². The normalized spacial score (nSPS) is 17.1. The summed E-state index contributed by atoms with van der Waals surface area (Å²) in [5.74, 6) is -1.75. The van der Waals surface area contributed by atoms with E-state index in [1.54, 1.807) is 12.1 Å². The maximum atomic E-state index is 13.0. The van der Waals surface area contributed by atoms with Crippen LogP contribution < -0.4 is 5.32 Å². The largest absolute Gasteiger partial charge is 0.508 e. The Morgan fingerprint density at radius 2 is 1.61 bits per heavy atom. The Hall–Kier alpha value is -4.17. The van der Waals surface area contributed by atoms with Crippen molar-refractivity contribution in [1.29, 1.82) is 0 Å². The monoisotopic (exact) mass is 643 g/mol. The van der Waals surface area contributed by atoms with E-state index in [0.717, 1.165) is 63.7 Å². The zero-order valence-electron chi connectivity index (χ0n) is 26.2. The van der Waals surface area contributed by atoms with Crippen LogP contribution in [0.1, 0.15) is 54.4 Å². The van der Waals surface area contributed by atoms with Gasteiger partial charge in [-0.25, -0.2) is 0 Å². The lowest BCUT2D eigenvalue weighted by Gasteiger charge is -2.37. The maximum absolute atomic E-state index is 13.0. The number of aromatic hydroxyl groups is 2. The number of phenols is 2. The van der Waals surface area contributed by atoms with Gasteiger partial charge in [-0.05, 0) is 68.2 Å². The van der Waals surface area contributed by atoms with E-state index in [1.165, 1.54) is 10.6 Å². The van der Waals surface area contributed by atoms with Gasteiger partial charge < -0.3 is 25.3 Å². The number of hydrogen-bond acceptors (Lipinski definition) is 8. The van der Waals surface area contributed by atoms with Gasteiger partial charge in [0.15, 0.2) is 5.82 Å². The number of piperazine rings is 1. The number of phenolic OH excluding ortho intramolecular Hbond substituents is 2. The number of aromatic nitrogens is 3. The Bertz CT molecular complexity index is 1540. The number of carbonyl (C=O) groups excluding carboxylic acids is 2. The van der Waals surface area contributed by atoms with Crippen molar-refractivity contribution >= 4 is 11.8 Å². The first-order valence-electron chi connectivity index (χ1n) is 15.5. The van der Waals surface area contributed by atoms with Gasteiger partial charge in [0.25, 0.3) is 5.91 Å². The molecule has 0 atom stereocenters. The number of amides is 2. The minimum absolute atomic E-state index is 0.0244. The van der Waals surface area contributed by atoms with Crippen molar-refractivity contribution in [3.8, 4) is 28.6 Å². The van der Waals surface area contributed by atoms with E-state index in [-0.39, 0.29) is 40.6 Å². The summed E-state index contributed by atoms with van der Waals surface area (Å²) in [7, 11) is 2.06. The number of nitrogens with zero attached hydrogens (tertiary/aromatic N) is 6. The van der Waals surface area contributed by atoms with Crippen LogP contribution in [0.15, 0.2) is 36.4 Å². The molecule has 3 heterocycles. The standard InChI is InChI=1S/C32H40F3N7O4/c1-20(2)24-16-25(27(44)17-26(24)43)28-37-38-29(30(45)36-19-32(33,34)35)42(28)23-6-4-21(5-7-23)18-40-10-8-22(9-11-40)31(46)41-14-12-39(3)13-15-41/h4-7,16-17,20,22,43-44H,8-15,18-19H2,1-3H3,(H,36,45). The van der Waals surface area contributed by atoms with Crippen molar-refractivity contribution in [2.24, 2.45) is 5.92 Å². The van der Waals surface area contributed by atoms with E-state index in [9.17, 15) is 33.0 Å². The molecule has 2 amide bonds. The number of piperidine rings is 1. The molecule has 1 aromatic heterocycles. The summed E-state index contributed by atoms with van der Waals surface area (Å²) in [6.45, 7) is 7.68. The molecule has 11 nitrogen and oxygen atoms in total. The molecular formula is C32H40F3N7O4. The van der Waals surface area contributed by atoms with Gasteiger partial charge in [0.2, 0.25) is 11.7 Å². The van der Waals surface area contributed by atoms with E-state index < -0.39 is 24.5 Å². The minimum Gasteiger partial charge on any atom is -0.508 e. The quantitative estimate of drug-likeness (QED) is 0.339. The summed E-state index contributed by atoms with van der Waals surface area (Å²) in [5.41, 5.74) is 2.03. The first kappa shape index (κ1) is 33.2. The second-order valence-electron chi connectivity index (χ2n) is 12.4. The fourth-order valence-corrected chi connectivity index (χ4v) is 5.98. The number of benzene rings is 2. The Labute approximate surface area is 265 Å². The highest BCUT2D eigenvalue weighted by atomic mass is 19.4. The van der Waals surface area contributed by atoms with Crippen molar-refractivity contribution in [3.05, 3.63) is 53.3 Å². The number of alkyl halides is 3. The molecule has 2 aliphatic heterocycles. The van der Waals surface area contributed by atoms with Crippen LogP contribution in [0.3, 0.4) is 0 Å². The summed E-state index contributed by atoms with van der Waals surface area (Å²) in [5, 5.41) is 30.9. The van der Waals surface area contributed by atoms with Gasteiger partial charge in [0.05, 0.1) is 5.56 Å². The number of likely N-dealkylation sites (N-methyl/N-ethyl adjacent to an activating group) is 1. The molecule has 2 aromatic carbocycles. The number of halogens is 3. The van der Waals surface area contributed by atoms with Crippen LogP contribution in [-0.2, 0) is 11.3 Å². The SMILES string of the molecule is CC(C)c1cc(-c2nnc(C(=O)NCC(F)(F)F)n2-c2ccc(CN3CCC(C(=O)N4CCN(C)CC4)CC3)cc2)c(O)cc1O. The zero-order valence-corrected chi connectivity index (χ0v) is 26.2. The van der Waals surface area contributed by atoms with E-state index in [4.69, 9.17) is 0 Å². The molecule has 2 fully saturated rings. The van der Waals surface area contributed by atoms with Gasteiger partial charge in [0.1, 0.15) is 18.0 Å². The fraction of sp³-hybridized carbons (Fsp3) is 0.500. The van der Waals surface area contributed by atoms with Crippen LogP contribution in [0.4, 0.5) is 13.2 Å². The minimum atomic E-state index is -4.63. The van der Waals surface area contributed by atoms with Crippen LogP contribution >= 0.6 is 0 Å². The Balaban J connectivity index is 1.35. The summed E-state index contributed by atoms with van der Waals surface area (Å²) in [6.07, 6.45) is -3.05. The van der Waals surface area contributed by atoms with Crippen molar-refractivity contribution in [3.63, 3.8) is 0 Å². The first-order chi connectivity index (χ1) is 21.8. The van der Waals surface area contributed by atoms with Crippen LogP contribution in [0.25, 0.3) is 17.1 Å². The molecule has 0 saturated carbocycles. The lowest BCUT2D eigenvalue weighted by atomic mass is 9.94. The molecule has 0 bridgehead atoms. The Morgan fingerprint density at radius 3 is 2.22 bits per heavy atom. The highest BCUT2D eigenvalue weighted by Gasteiger charge is 2.32. The van der Waals surface area contributed by atoms with Crippen molar-refractivity contribution in [2.45, 2.75) is 45.3 Å². The molecule has 3 N–H and O–H groups in total. The lowest BCUT2D eigenvalue weighted by molar-refractivity contribution is -0.138. The molecule has 0 unspecified atom stereocenters. The topological polar surface area (TPSA) is 127 Å². The van der Waals surface area contributed by atoms with E-state index >= 15 is 0 Å². The molecule has 248 valence electrons. The highest BCUT2D eigenvalue weighted by Crippen LogP contribution is 2.38. The average molecular weight is 644 g/mol. The number of hydrogen-bond donors (Lipinski definition) is 3. The third kappa shape index (κ3) is 7.61.